The Morgan fingerprint density at radius 1 is 1.25 bits per heavy atom. The van der Waals surface area contributed by atoms with Crippen molar-refractivity contribution in [3.05, 3.63) is 29.8 Å². The Morgan fingerprint density at radius 2 is 2.10 bits per heavy atom. The fraction of sp³-hybridized carbons (Fsp3) is 0.647. The van der Waals surface area contributed by atoms with Gasteiger partial charge in [0.05, 0.1) is 7.11 Å². The Bertz CT molecular complexity index is 425. The van der Waals surface area contributed by atoms with Gasteiger partial charge in [-0.2, -0.15) is 11.8 Å². The molecule has 1 heterocycles. The SMILES string of the molecule is COc1ccccc1C1CC(NCC2CCCCS2)C1. The van der Waals surface area contributed by atoms with Crippen molar-refractivity contribution in [1.82, 2.24) is 5.32 Å². The largest absolute Gasteiger partial charge is 0.496 e. The zero-order chi connectivity index (χ0) is 13.8. The second kappa shape index (κ2) is 6.86. The maximum atomic E-state index is 5.47. The van der Waals surface area contributed by atoms with E-state index in [2.05, 4.69) is 41.3 Å². The first kappa shape index (κ1) is 14.3. The fourth-order valence-corrected chi connectivity index (χ4v) is 4.56. The maximum absolute atomic E-state index is 5.47. The van der Waals surface area contributed by atoms with E-state index in [1.54, 1.807) is 7.11 Å². The van der Waals surface area contributed by atoms with Gasteiger partial charge in [-0.15, -0.1) is 0 Å². The highest BCUT2D eigenvalue weighted by atomic mass is 32.2. The Balaban J connectivity index is 1.44. The van der Waals surface area contributed by atoms with Gasteiger partial charge < -0.3 is 10.1 Å². The molecule has 2 aliphatic rings. The molecule has 2 fully saturated rings. The van der Waals surface area contributed by atoms with Crippen LogP contribution in [0.2, 0.25) is 0 Å². The van der Waals surface area contributed by atoms with E-state index in [-0.39, 0.29) is 0 Å². The number of para-hydroxylation sites is 1. The normalized spacial score (nSPS) is 29.8. The summed E-state index contributed by atoms with van der Waals surface area (Å²) in [6.07, 6.45) is 6.77. The molecule has 20 heavy (non-hydrogen) atoms. The minimum absolute atomic E-state index is 0.683. The van der Waals surface area contributed by atoms with Gasteiger partial charge in [-0.3, -0.25) is 0 Å². The van der Waals surface area contributed by atoms with Crippen LogP contribution in [0.25, 0.3) is 0 Å². The molecule has 1 saturated carbocycles. The summed E-state index contributed by atoms with van der Waals surface area (Å²) in [5.41, 5.74) is 1.39. The summed E-state index contributed by atoms with van der Waals surface area (Å²) >= 11 is 2.16. The lowest BCUT2D eigenvalue weighted by Gasteiger charge is -2.38. The summed E-state index contributed by atoms with van der Waals surface area (Å²) in [7, 11) is 1.77. The lowest BCUT2D eigenvalue weighted by molar-refractivity contribution is 0.283. The van der Waals surface area contributed by atoms with Crippen molar-refractivity contribution in [2.45, 2.75) is 49.3 Å². The Morgan fingerprint density at radius 3 is 2.85 bits per heavy atom. The van der Waals surface area contributed by atoms with Crippen LogP contribution in [0.5, 0.6) is 5.75 Å². The molecular formula is C17H25NOS. The number of ether oxygens (including phenoxy) is 1. The van der Waals surface area contributed by atoms with Crippen LogP contribution in [0.3, 0.4) is 0 Å². The second-order valence-corrected chi connectivity index (χ2v) is 7.41. The minimum Gasteiger partial charge on any atom is -0.496 e. The van der Waals surface area contributed by atoms with E-state index in [1.165, 1.54) is 50.0 Å². The first-order valence-corrected chi connectivity index (χ1v) is 8.89. The number of rotatable bonds is 5. The average molecular weight is 291 g/mol. The molecule has 0 bridgehead atoms. The molecular weight excluding hydrogens is 266 g/mol. The van der Waals surface area contributed by atoms with Crippen LogP contribution in [0.1, 0.15) is 43.6 Å². The molecule has 1 atom stereocenters. The topological polar surface area (TPSA) is 21.3 Å². The highest BCUT2D eigenvalue weighted by Crippen LogP contribution is 2.41. The van der Waals surface area contributed by atoms with E-state index >= 15 is 0 Å². The molecule has 1 saturated heterocycles. The predicted octanol–water partition coefficient (Wildman–Crippen LogP) is 3.82. The summed E-state index contributed by atoms with van der Waals surface area (Å²) in [6.45, 7) is 1.20. The quantitative estimate of drug-likeness (QED) is 0.891. The Labute approximate surface area is 126 Å². The van der Waals surface area contributed by atoms with E-state index in [0.29, 0.717) is 12.0 Å². The third-order valence-corrected chi connectivity index (χ3v) is 6.02. The zero-order valence-corrected chi connectivity index (χ0v) is 13.1. The molecule has 1 aliphatic heterocycles. The second-order valence-electron chi connectivity index (χ2n) is 6.00. The van der Waals surface area contributed by atoms with Gasteiger partial charge in [0.25, 0.3) is 0 Å². The van der Waals surface area contributed by atoms with Gasteiger partial charge in [0.2, 0.25) is 0 Å². The Kier molecular flexibility index (Phi) is 4.90. The van der Waals surface area contributed by atoms with Crippen molar-refractivity contribution in [1.29, 1.82) is 0 Å². The standard InChI is InChI=1S/C17H25NOS/c1-19-17-8-3-2-7-16(17)13-10-14(11-13)18-12-15-6-4-5-9-20-15/h2-3,7-8,13-15,18H,4-6,9-12H2,1H3. The monoisotopic (exact) mass is 291 g/mol. The molecule has 110 valence electrons. The third kappa shape index (κ3) is 3.32. The molecule has 1 unspecified atom stereocenters. The summed E-state index contributed by atoms with van der Waals surface area (Å²) in [4.78, 5) is 0. The van der Waals surface area contributed by atoms with E-state index in [9.17, 15) is 0 Å². The molecule has 2 nitrogen and oxygen atoms in total. The molecule has 1 aromatic rings. The summed E-state index contributed by atoms with van der Waals surface area (Å²) in [5.74, 6) is 3.10. The average Bonchev–Trinajstić information content (AvgIpc) is 2.47. The van der Waals surface area contributed by atoms with E-state index < -0.39 is 0 Å². The van der Waals surface area contributed by atoms with Crippen molar-refractivity contribution in [3.63, 3.8) is 0 Å². The first-order valence-electron chi connectivity index (χ1n) is 7.84. The molecule has 0 spiro atoms. The summed E-state index contributed by atoms with van der Waals surface area (Å²) in [6, 6.07) is 9.19. The number of nitrogens with one attached hydrogen (secondary N) is 1. The van der Waals surface area contributed by atoms with E-state index in [4.69, 9.17) is 4.74 Å². The van der Waals surface area contributed by atoms with Crippen LogP contribution in [0.15, 0.2) is 24.3 Å². The van der Waals surface area contributed by atoms with Gasteiger partial charge in [0.15, 0.2) is 0 Å². The minimum atomic E-state index is 0.683. The van der Waals surface area contributed by atoms with Gasteiger partial charge in [0, 0.05) is 17.8 Å². The highest BCUT2D eigenvalue weighted by molar-refractivity contribution is 7.99. The van der Waals surface area contributed by atoms with Gasteiger partial charge >= 0.3 is 0 Å². The fourth-order valence-electron chi connectivity index (χ4n) is 3.31. The molecule has 0 aromatic heterocycles. The van der Waals surface area contributed by atoms with Crippen LogP contribution in [-0.2, 0) is 0 Å². The summed E-state index contributed by atoms with van der Waals surface area (Å²) < 4.78 is 5.47. The zero-order valence-electron chi connectivity index (χ0n) is 12.3. The highest BCUT2D eigenvalue weighted by Gasteiger charge is 2.32. The van der Waals surface area contributed by atoms with Crippen LogP contribution in [0.4, 0.5) is 0 Å². The van der Waals surface area contributed by atoms with Crippen LogP contribution >= 0.6 is 11.8 Å². The molecule has 0 amide bonds. The predicted molar refractivity (Wildman–Crippen MR) is 86.9 cm³/mol. The number of thioether (sulfide) groups is 1. The van der Waals surface area contributed by atoms with Crippen molar-refractivity contribution in [2.24, 2.45) is 0 Å². The van der Waals surface area contributed by atoms with Crippen molar-refractivity contribution in [3.8, 4) is 5.75 Å². The molecule has 1 aliphatic carbocycles. The molecule has 1 N–H and O–H groups in total. The smallest absolute Gasteiger partial charge is 0.122 e. The number of hydrogen-bond acceptors (Lipinski definition) is 3. The van der Waals surface area contributed by atoms with Crippen molar-refractivity contribution < 1.29 is 4.74 Å². The molecule has 3 rings (SSSR count). The van der Waals surface area contributed by atoms with E-state index in [1.807, 2.05) is 0 Å². The van der Waals surface area contributed by atoms with E-state index in [0.717, 1.165) is 11.0 Å². The maximum Gasteiger partial charge on any atom is 0.122 e. The van der Waals surface area contributed by atoms with Crippen molar-refractivity contribution >= 4 is 11.8 Å². The number of benzene rings is 1. The molecule has 3 heteroatoms. The van der Waals surface area contributed by atoms with Gasteiger partial charge in [-0.25, -0.2) is 0 Å². The van der Waals surface area contributed by atoms with Crippen LogP contribution in [0, 0.1) is 0 Å². The molecule has 1 aromatic carbocycles. The molecule has 0 radical (unpaired) electrons. The van der Waals surface area contributed by atoms with Crippen LogP contribution < -0.4 is 10.1 Å². The van der Waals surface area contributed by atoms with Gasteiger partial charge in [0.1, 0.15) is 5.75 Å². The van der Waals surface area contributed by atoms with Gasteiger partial charge in [-0.1, -0.05) is 24.6 Å². The van der Waals surface area contributed by atoms with Gasteiger partial charge in [-0.05, 0) is 49.0 Å². The summed E-state index contributed by atoms with van der Waals surface area (Å²) in [5, 5.41) is 4.62. The first-order chi connectivity index (χ1) is 9.86. The lowest BCUT2D eigenvalue weighted by Crippen LogP contribution is -2.43. The van der Waals surface area contributed by atoms with Crippen molar-refractivity contribution in [2.75, 3.05) is 19.4 Å². The number of methoxy groups -OCH3 is 1. The lowest BCUT2D eigenvalue weighted by atomic mass is 9.75. The number of hydrogen-bond donors (Lipinski definition) is 1. The Hall–Kier alpha value is -0.670. The third-order valence-electron chi connectivity index (χ3n) is 4.63. The van der Waals surface area contributed by atoms with Crippen LogP contribution in [-0.4, -0.2) is 30.7 Å².